The van der Waals surface area contributed by atoms with Gasteiger partial charge >= 0.3 is 0 Å². The maximum atomic E-state index is 14.1. The van der Waals surface area contributed by atoms with Crippen molar-refractivity contribution in [3.63, 3.8) is 0 Å². The van der Waals surface area contributed by atoms with Crippen LogP contribution in [0.25, 0.3) is 22.3 Å². The Kier molecular flexibility index (Phi) is 5.17. The number of nitrogens with zero attached hydrogens (tertiary/aromatic N) is 4. The maximum Gasteiger partial charge on any atom is 0.152 e. The molecule has 0 aliphatic rings. The molecule has 0 fully saturated rings. The minimum absolute atomic E-state index is 0.243. The van der Waals surface area contributed by atoms with E-state index in [0.29, 0.717) is 11.3 Å². The van der Waals surface area contributed by atoms with E-state index in [1.165, 1.54) is 0 Å². The zero-order valence-corrected chi connectivity index (χ0v) is 17.2. The van der Waals surface area contributed by atoms with Crippen LogP contribution in [0.15, 0.2) is 97.7 Å². The molecule has 32 heavy (non-hydrogen) atoms. The third kappa shape index (κ3) is 3.63. The van der Waals surface area contributed by atoms with Crippen LogP contribution in [0.4, 0.5) is 4.39 Å². The van der Waals surface area contributed by atoms with E-state index in [-0.39, 0.29) is 6.61 Å². The predicted octanol–water partition coefficient (Wildman–Crippen LogP) is 4.45. The molecule has 0 amide bonds. The van der Waals surface area contributed by atoms with Crippen LogP contribution in [-0.2, 0) is 5.60 Å². The number of hydrogen-bond acceptors (Lipinski definition) is 4. The monoisotopic (exact) mass is 428 g/mol. The molecule has 0 saturated carbocycles. The van der Waals surface area contributed by atoms with E-state index >= 15 is 0 Å². The lowest BCUT2D eigenvalue weighted by Crippen LogP contribution is -2.35. The quantitative estimate of drug-likeness (QED) is 0.416. The summed E-state index contributed by atoms with van der Waals surface area (Å²) in [4.78, 5) is 4.06. The molecule has 3 aromatic carbocycles. The van der Waals surface area contributed by atoms with Gasteiger partial charge < -0.3 is 14.4 Å². The summed E-state index contributed by atoms with van der Waals surface area (Å²) in [5.74, 6) is 0.523. The van der Waals surface area contributed by atoms with Crippen molar-refractivity contribution in [2.45, 2.75) is 5.60 Å². The Morgan fingerprint density at radius 1 is 1.00 bits per heavy atom. The average Bonchev–Trinajstić information content (AvgIpc) is 3.53. The van der Waals surface area contributed by atoms with E-state index < -0.39 is 12.3 Å². The lowest BCUT2D eigenvalue weighted by atomic mass is 9.95. The first-order valence-corrected chi connectivity index (χ1v) is 10.2. The van der Waals surface area contributed by atoms with Crippen LogP contribution in [0.1, 0.15) is 5.56 Å². The molecule has 160 valence electrons. The third-order valence-electron chi connectivity index (χ3n) is 5.44. The van der Waals surface area contributed by atoms with Gasteiger partial charge in [0.25, 0.3) is 0 Å². The van der Waals surface area contributed by atoms with Crippen LogP contribution in [0.2, 0.25) is 0 Å². The fourth-order valence-corrected chi connectivity index (χ4v) is 3.69. The van der Waals surface area contributed by atoms with Gasteiger partial charge in [0, 0.05) is 17.8 Å². The second kappa shape index (κ2) is 8.28. The van der Waals surface area contributed by atoms with Gasteiger partial charge in [-0.15, -0.1) is 0 Å². The Morgan fingerprint density at radius 2 is 1.81 bits per heavy atom. The molecule has 5 rings (SSSR count). The Hall–Kier alpha value is -3.97. The fourth-order valence-electron chi connectivity index (χ4n) is 3.69. The van der Waals surface area contributed by atoms with Crippen LogP contribution in [0.5, 0.6) is 5.75 Å². The first-order chi connectivity index (χ1) is 15.7. The first-order valence-electron chi connectivity index (χ1n) is 10.2. The zero-order chi connectivity index (χ0) is 22.0. The SMILES string of the molecule is OC(CF)(COc1ccccc1-n1ccnc1)c1ccc2c(cnn2-c2ccccc2)c1. The number of ether oxygens (including phenoxy) is 1. The van der Waals surface area contributed by atoms with E-state index in [9.17, 15) is 9.50 Å². The number of alkyl halides is 1. The van der Waals surface area contributed by atoms with E-state index in [4.69, 9.17) is 4.74 Å². The van der Waals surface area contributed by atoms with Crippen molar-refractivity contribution in [2.75, 3.05) is 13.3 Å². The lowest BCUT2D eigenvalue weighted by Gasteiger charge is -2.26. The van der Waals surface area contributed by atoms with Gasteiger partial charge in [0.15, 0.2) is 5.60 Å². The highest BCUT2D eigenvalue weighted by molar-refractivity contribution is 5.81. The maximum absolute atomic E-state index is 14.1. The molecule has 7 heteroatoms. The molecule has 1 atom stereocenters. The van der Waals surface area contributed by atoms with Crippen molar-refractivity contribution in [3.05, 3.63) is 103 Å². The largest absolute Gasteiger partial charge is 0.488 e. The molecule has 0 saturated heterocycles. The molecule has 0 radical (unpaired) electrons. The van der Waals surface area contributed by atoms with Gasteiger partial charge in [-0.2, -0.15) is 5.10 Å². The molecule has 0 aliphatic carbocycles. The van der Waals surface area contributed by atoms with E-state index in [1.807, 2.05) is 59.3 Å². The van der Waals surface area contributed by atoms with Gasteiger partial charge in [0.1, 0.15) is 19.0 Å². The highest BCUT2D eigenvalue weighted by Gasteiger charge is 2.31. The summed E-state index contributed by atoms with van der Waals surface area (Å²) in [7, 11) is 0. The summed E-state index contributed by atoms with van der Waals surface area (Å²) in [5, 5.41) is 16.4. The number of hydrogen-bond donors (Lipinski definition) is 1. The molecule has 1 N–H and O–H groups in total. The van der Waals surface area contributed by atoms with Crippen LogP contribution >= 0.6 is 0 Å². The van der Waals surface area contributed by atoms with Crippen LogP contribution in [-0.4, -0.2) is 37.7 Å². The van der Waals surface area contributed by atoms with Gasteiger partial charge in [0.2, 0.25) is 0 Å². The Labute approximate surface area is 184 Å². The number of rotatable bonds is 7. The molecule has 6 nitrogen and oxygen atoms in total. The fraction of sp³-hybridized carbons (Fsp3) is 0.120. The molecule has 1 unspecified atom stereocenters. The summed E-state index contributed by atoms with van der Waals surface area (Å²) in [6.07, 6.45) is 6.82. The molecular formula is C25H21FN4O2. The number of aromatic nitrogens is 4. The molecule has 0 bridgehead atoms. The van der Waals surface area contributed by atoms with Crippen molar-refractivity contribution in [3.8, 4) is 17.1 Å². The standard InChI is InChI=1S/C25H21FN4O2/c26-16-25(31,17-32-24-9-5-4-8-23(24)29-13-12-27-18-29)20-10-11-22-19(14-20)15-28-30(22)21-6-2-1-3-7-21/h1-15,18,31H,16-17H2. The number of fused-ring (bicyclic) bond motifs is 1. The minimum Gasteiger partial charge on any atom is -0.488 e. The van der Waals surface area contributed by atoms with Gasteiger partial charge in [-0.05, 0) is 42.0 Å². The van der Waals surface area contributed by atoms with E-state index in [0.717, 1.165) is 22.3 Å². The average molecular weight is 428 g/mol. The number of halogens is 1. The van der Waals surface area contributed by atoms with Gasteiger partial charge in [0.05, 0.1) is 29.4 Å². The van der Waals surface area contributed by atoms with Crippen molar-refractivity contribution >= 4 is 10.9 Å². The zero-order valence-electron chi connectivity index (χ0n) is 17.2. The summed E-state index contributed by atoms with van der Waals surface area (Å²) in [5.41, 5.74) is 1.18. The number of para-hydroxylation sites is 3. The smallest absolute Gasteiger partial charge is 0.152 e. The highest BCUT2D eigenvalue weighted by atomic mass is 19.1. The Morgan fingerprint density at radius 3 is 2.59 bits per heavy atom. The van der Waals surface area contributed by atoms with Gasteiger partial charge in [-0.25, -0.2) is 14.1 Å². The molecule has 0 aliphatic heterocycles. The molecule has 5 aromatic rings. The molecule has 0 spiro atoms. The number of imidazole rings is 1. The molecule has 2 aromatic heterocycles. The lowest BCUT2D eigenvalue weighted by molar-refractivity contribution is -0.0289. The van der Waals surface area contributed by atoms with Gasteiger partial charge in [-0.3, -0.25) is 0 Å². The Balaban J connectivity index is 1.43. The summed E-state index contributed by atoms with van der Waals surface area (Å²) < 4.78 is 23.6. The van der Waals surface area contributed by atoms with E-state index in [1.54, 1.807) is 47.7 Å². The van der Waals surface area contributed by atoms with Crippen LogP contribution in [0.3, 0.4) is 0 Å². The second-order valence-corrected chi connectivity index (χ2v) is 7.56. The van der Waals surface area contributed by atoms with Gasteiger partial charge in [-0.1, -0.05) is 36.4 Å². The van der Waals surface area contributed by atoms with Crippen molar-refractivity contribution in [2.24, 2.45) is 0 Å². The third-order valence-corrected chi connectivity index (χ3v) is 5.44. The van der Waals surface area contributed by atoms with Crippen molar-refractivity contribution < 1.29 is 14.2 Å². The molecule has 2 heterocycles. The molecular weight excluding hydrogens is 407 g/mol. The van der Waals surface area contributed by atoms with E-state index in [2.05, 4.69) is 10.1 Å². The minimum atomic E-state index is -1.80. The summed E-state index contributed by atoms with van der Waals surface area (Å²) >= 11 is 0. The van der Waals surface area contributed by atoms with Crippen LogP contribution in [0, 0.1) is 0 Å². The Bertz CT molecular complexity index is 1330. The highest BCUT2D eigenvalue weighted by Crippen LogP contribution is 2.30. The van der Waals surface area contributed by atoms with Crippen molar-refractivity contribution in [1.29, 1.82) is 0 Å². The number of aliphatic hydroxyl groups is 1. The van der Waals surface area contributed by atoms with Crippen LogP contribution < -0.4 is 4.74 Å². The second-order valence-electron chi connectivity index (χ2n) is 7.56. The summed E-state index contributed by atoms with van der Waals surface area (Å²) in [6.45, 7) is -1.23. The first kappa shape index (κ1) is 20.0. The topological polar surface area (TPSA) is 65.1 Å². The normalized spacial score (nSPS) is 13.2. The predicted molar refractivity (Wildman–Crippen MR) is 120 cm³/mol. The number of benzene rings is 3. The summed E-state index contributed by atoms with van der Waals surface area (Å²) in [6, 6.07) is 22.4. The van der Waals surface area contributed by atoms with Crippen molar-refractivity contribution in [1.82, 2.24) is 19.3 Å².